The Labute approximate surface area is 224 Å². The molecule has 2 aliphatic carbocycles. The van der Waals surface area contributed by atoms with Gasteiger partial charge in [-0.15, -0.1) is 11.1 Å². The molecule has 2 atom stereocenters. The van der Waals surface area contributed by atoms with E-state index in [0.29, 0.717) is 11.8 Å². The maximum Gasteiger partial charge on any atom is -1.00 e. The van der Waals surface area contributed by atoms with Crippen molar-refractivity contribution in [3.8, 4) is 0 Å². The Morgan fingerprint density at radius 2 is 0.938 bits per heavy atom. The van der Waals surface area contributed by atoms with Gasteiger partial charge < -0.3 is 24.8 Å². The number of benzene rings is 2. The number of halogens is 2. The second kappa shape index (κ2) is 16.1. The minimum absolute atomic E-state index is 0. The third-order valence-electron chi connectivity index (χ3n) is 4.70. The average Bonchev–Trinajstić information content (AvgIpc) is 3.23. The van der Waals surface area contributed by atoms with Crippen LogP contribution in [0.2, 0.25) is 11.5 Å². The summed E-state index contributed by atoms with van der Waals surface area (Å²) in [7, 11) is -0.243. The molecule has 0 N–H and O–H groups in total. The molecular weight excluding hydrogens is 571 g/mol. The molecule has 0 fully saturated rings. The topological polar surface area (TPSA) is 0 Å². The van der Waals surface area contributed by atoms with Crippen LogP contribution in [0.5, 0.6) is 0 Å². The zero-order valence-corrected chi connectivity index (χ0v) is 25.9. The molecule has 0 amide bonds. The molecule has 0 heterocycles. The van der Waals surface area contributed by atoms with Gasteiger partial charge in [-0.1, -0.05) is 100 Å². The molecule has 0 aromatic heterocycles. The van der Waals surface area contributed by atoms with Crippen molar-refractivity contribution in [1.29, 1.82) is 0 Å². The summed E-state index contributed by atoms with van der Waals surface area (Å²) in [5.41, 5.74) is 7.84. The molecule has 4 heteroatoms. The second-order valence-corrected chi connectivity index (χ2v) is 25.0. The van der Waals surface area contributed by atoms with E-state index in [1.165, 1.54) is 33.4 Å². The molecule has 0 aliphatic heterocycles. The summed E-state index contributed by atoms with van der Waals surface area (Å²) in [6.45, 7) is 8.59. The van der Waals surface area contributed by atoms with Crippen LogP contribution in [0.3, 0.4) is 0 Å². The Kier molecular flexibility index (Phi) is 15.8. The van der Waals surface area contributed by atoms with E-state index in [1.807, 2.05) is 12.1 Å². The minimum atomic E-state index is -0.243. The molecule has 2 aromatic rings. The van der Waals surface area contributed by atoms with Crippen LogP contribution < -0.4 is 24.8 Å². The summed E-state index contributed by atoms with van der Waals surface area (Å²) in [6, 6.07) is 21.0. The summed E-state index contributed by atoms with van der Waals surface area (Å²) < 4.78 is 0. The van der Waals surface area contributed by atoms with E-state index >= 15 is 0 Å². The van der Waals surface area contributed by atoms with Crippen molar-refractivity contribution < 1.29 is 46.4 Å². The van der Waals surface area contributed by atoms with Crippen LogP contribution in [0.15, 0.2) is 84.0 Å². The van der Waals surface area contributed by atoms with Crippen LogP contribution >= 0.6 is 0 Å². The van der Waals surface area contributed by atoms with Crippen molar-refractivity contribution in [1.82, 2.24) is 0 Å². The maximum absolute atomic E-state index is 3.39. The van der Waals surface area contributed by atoms with Crippen molar-refractivity contribution in [2.75, 3.05) is 0 Å². The SMILES string of the molecule is CC1=[C-]C(C)C=C1c1ccccc1.CC1=[C-]C(C)C=C1c1ccccc1.[CH3][Ge]([CH3])=[Zr+2].[Cl-].[Cl-]. The van der Waals surface area contributed by atoms with Gasteiger partial charge in [-0.05, 0) is 0 Å². The molecule has 168 valence electrons. The van der Waals surface area contributed by atoms with Crippen molar-refractivity contribution in [3.05, 3.63) is 107 Å². The monoisotopic (exact) mass is 602 g/mol. The first-order chi connectivity index (χ1) is 14.3. The quantitative estimate of drug-likeness (QED) is 0.363. The summed E-state index contributed by atoms with van der Waals surface area (Å²) in [5.74, 6) is 5.68. The van der Waals surface area contributed by atoms with Gasteiger partial charge in [0.25, 0.3) is 0 Å². The first kappa shape index (κ1) is 31.4. The third-order valence-corrected chi connectivity index (χ3v) is 4.70. The largest absolute Gasteiger partial charge is 1.00 e. The van der Waals surface area contributed by atoms with Gasteiger partial charge in [0.1, 0.15) is 0 Å². The fourth-order valence-corrected chi connectivity index (χ4v) is 3.53. The summed E-state index contributed by atoms with van der Waals surface area (Å²) >= 11 is 1.80. The van der Waals surface area contributed by atoms with Crippen LogP contribution in [0, 0.1) is 24.0 Å². The summed E-state index contributed by atoms with van der Waals surface area (Å²) in [5, 5.41) is 0. The standard InChI is InChI=1S/2C13H13.C2H6Ge.2ClH.Zr/c2*1-10-8-11(2)13(9-10)12-6-4-3-5-7-12;1-3-2;;;/h2*3-7,9-10H,1-2H3;1-2H3;2*1H;/q2*-1;;;;+2/p-2. The van der Waals surface area contributed by atoms with Crippen LogP contribution in [0.1, 0.15) is 38.8 Å². The molecule has 0 radical (unpaired) electrons. The number of hydrogen-bond acceptors (Lipinski definition) is 0. The fourth-order valence-electron chi connectivity index (χ4n) is 3.53. The molecule has 2 aliphatic rings. The van der Waals surface area contributed by atoms with Crippen LogP contribution in [-0.4, -0.2) is 9.98 Å². The predicted octanol–water partition coefficient (Wildman–Crippen LogP) is 1.73. The number of rotatable bonds is 2. The first-order valence-corrected chi connectivity index (χ1v) is 22.2. The van der Waals surface area contributed by atoms with Gasteiger partial charge in [-0.25, -0.2) is 11.1 Å². The normalized spacial score (nSPS) is 18.1. The van der Waals surface area contributed by atoms with Crippen LogP contribution in [0.25, 0.3) is 11.1 Å². The molecule has 0 bridgehead atoms. The smallest absolute Gasteiger partial charge is 1.00 e. The van der Waals surface area contributed by atoms with E-state index in [9.17, 15) is 0 Å². The summed E-state index contributed by atoms with van der Waals surface area (Å²) in [6.07, 6.45) is 11.3. The van der Waals surface area contributed by atoms with Crippen LogP contribution in [-0.2, 0) is 21.6 Å². The van der Waals surface area contributed by atoms with Gasteiger partial charge in [0.15, 0.2) is 0 Å². The molecule has 0 saturated carbocycles. The van der Waals surface area contributed by atoms with Gasteiger partial charge in [-0.2, -0.15) is 23.3 Å². The molecule has 0 spiro atoms. The Hall–Kier alpha value is -0.594. The second-order valence-electron chi connectivity index (χ2n) is 8.01. The Morgan fingerprint density at radius 1 is 0.656 bits per heavy atom. The summed E-state index contributed by atoms with van der Waals surface area (Å²) in [4.78, 5) is 0. The fraction of sp³-hybridized carbons (Fsp3) is 0.286. The predicted molar refractivity (Wildman–Crippen MR) is 130 cm³/mol. The van der Waals surface area contributed by atoms with Crippen molar-refractivity contribution >= 4 is 21.1 Å². The minimum Gasteiger partial charge on any atom is -1.00 e. The van der Waals surface area contributed by atoms with Gasteiger partial charge in [-0.3, -0.25) is 12.2 Å². The van der Waals surface area contributed by atoms with Gasteiger partial charge in [0, 0.05) is 0 Å². The molecule has 32 heavy (non-hydrogen) atoms. The van der Waals surface area contributed by atoms with E-state index in [2.05, 4.69) is 112 Å². The van der Waals surface area contributed by atoms with E-state index < -0.39 is 0 Å². The number of allylic oxidation sites excluding steroid dienone is 8. The zero-order valence-electron chi connectivity index (χ0n) is 19.8. The molecule has 2 unspecified atom stereocenters. The molecule has 0 nitrogen and oxygen atoms in total. The molecular formula is C28H32Cl2GeZr-2. The van der Waals surface area contributed by atoms with E-state index in [4.69, 9.17) is 0 Å². The van der Waals surface area contributed by atoms with Crippen molar-refractivity contribution in [2.45, 2.75) is 39.2 Å². The molecule has 4 rings (SSSR count). The van der Waals surface area contributed by atoms with E-state index in [0.717, 1.165) is 0 Å². The van der Waals surface area contributed by atoms with Crippen LogP contribution in [0.4, 0.5) is 0 Å². The average molecular weight is 603 g/mol. The molecule has 0 saturated heterocycles. The Balaban J connectivity index is 0.000000490. The van der Waals surface area contributed by atoms with Crippen molar-refractivity contribution in [3.63, 3.8) is 0 Å². The van der Waals surface area contributed by atoms with E-state index in [1.54, 1.807) is 21.6 Å². The van der Waals surface area contributed by atoms with Gasteiger partial charge in [0.05, 0.1) is 0 Å². The first-order valence-electron chi connectivity index (χ1n) is 10.5. The van der Waals surface area contributed by atoms with E-state index in [-0.39, 0.29) is 34.8 Å². The van der Waals surface area contributed by atoms with Gasteiger partial charge in [0.2, 0.25) is 0 Å². The third kappa shape index (κ3) is 10.6. The van der Waals surface area contributed by atoms with Gasteiger partial charge >= 0.3 is 43.1 Å². The maximum atomic E-state index is 3.39. The zero-order chi connectivity index (χ0) is 22.1. The molecule has 2 aromatic carbocycles. The Bertz CT molecular complexity index is 894. The Morgan fingerprint density at radius 3 is 1.16 bits per heavy atom. The number of hydrogen-bond donors (Lipinski definition) is 0. The van der Waals surface area contributed by atoms with Crippen molar-refractivity contribution in [2.24, 2.45) is 11.8 Å².